The molecule has 0 bridgehead atoms. The summed E-state index contributed by atoms with van der Waals surface area (Å²) in [6, 6.07) is 5.83. The normalized spacial score (nSPS) is 12.2. The molecule has 0 aliphatic carbocycles. The molecule has 0 aromatic heterocycles. The van der Waals surface area contributed by atoms with E-state index in [2.05, 4.69) is 19.2 Å². The van der Waals surface area contributed by atoms with Crippen LogP contribution in [-0.4, -0.2) is 17.1 Å². The molecule has 0 aliphatic heterocycles. The van der Waals surface area contributed by atoms with E-state index in [1.807, 2.05) is 19.1 Å². The number of anilines is 1. The molecule has 19 heavy (non-hydrogen) atoms. The van der Waals surface area contributed by atoms with Gasteiger partial charge in [-0.1, -0.05) is 44.2 Å². The Labute approximate surface area is 116 Å². The van der Waals surface area contributed by atoms with Crippen molar-refractivity contribution in [2.75, 3.05) is 5.32 Å². The number of carboxylic acids is 1. The van der Waals surface area contributed by atoms with Crippen molar-refractivity contribution in [3.8, 4) is 0 Å². The molecule has 3 heteroatoms. The van der Waals surface area contributed by atoms with Crippen molar-refractivity contribution in [1.82, 2.24) is 0 Å². The minimum atomic E-state index is -0.871. The summed E-state index contributed by atoms with van der Waals surface area (Å²) in [4.78, 5) is 11.2. The summed E-state index contributed by atoms with van der Waals surface area (Å²) in [5.74, 6) is -0.871. The number of unbranched alkanes of at least 4 members (excludes halogenated alkanes) is 3. The van der Waals surface area contributed by atoms with Gasteiger partial charge in [0.2, 0.25) is 0 Å². The minimum Gasteiger partial charge on any atom is -0.478 e. The molecule has 0 fully saturated rings. The standard InChI is InChI=1S/C16H25NO2/c1-4-5-6-7-8-13(3)17-15-10-9-12(2)11-14(15)16(18)19/h9-11,13,17H,4-8H2,1-3H3,(H,18,19). The third-order valence-electron chi connectivity index (χ3n) is 3.30. The molecule has 2 N–H and O–H groups in total. The van der Waals surface area contributed by atoms with Gasteiger partial charge < -0.3 is 10.4 Å². The van der Waals surface area contributed by atoms with Crippen LogP contribution in [0.3, 0.4) is 0 Å². The Bertz CT molecular complexity index is 415. The maximum Gasteiger partial charge on any atom is 0.337 e. The number of carbonyl (C=O) groups is 1. The number of rotatable bonds is 8. The molecule has 0 saturated heterocycles. The van der Waals surface area contributed by atoms with Gasteiger partial charge in [0.1, 0.15) is 0 Å². The van der Waals surface area contributed by atoms with E-state index < -0.39 is 5.97 Å². The minimum absolute atomic E-state index is 0.303. The number of nitrogens with one attached hydrogen (secondary N) is 1. The monoisotopic (exact) mass is 263 g/mol. The number of aryl methyl sites for hydroxylation is 1. The van der Waals surface area contributed by atoms with Gasteiger partial charge in [0.25, 0.3) is 0 Å². The van der Waals surface area contributed by atoms with Gasteiger partial charge in [0.05, 0.1) is 5.56 Å². The van der Waals surface area contributed by atoms with Gasteiger partial charge in [-0.05, 0) is 32.4 Å². The number of benzene rings is 1. The van der Waals surface area contributed by atoms with Crippen LogP contribution in [0.1, 0.15) is 61.9 Å². The second-order valence-corrected chi connectivity index (χ2v) is 5.25. The Hall–Kier alpha value is -1.51. The molecule has 1 rings (SSSR count). The van der Waals surface area contributed by atoms with E-state index in [9.17, 15) is 9.90 Å². The highest BCUT2D eigenvalue weighted by molar-refractivity contribution is 5.94. The lowest BCUT2D eigenvalue weighted by molar-refractivity contribution is 0.0698. The highest BCUT2D eigenvalue weighted by Gasteiger charge is 2.12. The van der Waals surface area contributed by atoms with Crippen molar-refractivity contribution in [2.24, 2.45) is 0 Å². The quantitative estimate of drug-likeness (QED) is 0.681. The van der Waals surface area contributed by atoms with Crippen LogP contribution in [0.2, 0.25) is 0 Å². The Morgan fingerprint density at radius 2 is 2.05 bits per heavy atom. The summed E-state index contributed by atoms with van der Waals surface area (Å²) in [5.41, 5.74) is 2.06. The second-order valence-electron chi connectivity index (χ2n) is 5.25. The van der Waals surface area contributed by atoms with Crippen LogP contribution in [0.15, 0.2) is 18.2 Å². The predicted molar refractivity (Wildman–Crippen MR) is 80.0 cm³/mol. The first-order valence-corrected chi connectivity index (χ1v) is 7.15. The van der Waals surface area contributed by atoms with Gasteiger partial charge >= 0.3 is 5.97 Å². The van der Waals surface area contributed by atoms with Crippen LogP contribution < -0.4 is 5.32 Å². The van der Waals surface area contributed by atoms with Crippen molar-refractivity contribution >= 4 is 11.7 Å². The molecule has 0 radical (unpaired) electrons. The molecule has 1 unspecified atom stereocenters. The molecule has 106 valence electrons. The Balaban J connectivity index is 2.58. The third-order valence-corrected chi connectivity index (χ3v) is 3.30. The van der Waals surface area contributed by atoms with Gasteiger partial charge in [-0.25, -0.2) is 4.79 Å². The highest BCUT2D eigenvalue weighted by atomic mass is 16.4. The zero-order valence-corrected chi connectivity index (χ0v) is 12.2. The summed E-state index contributed by atoms with van der Waals surface area (Å²) in [6.45, 7) is 6.22. The molecule has 0 heterocycles. The fourth-order valence-corrected chi connectivity index (χ4v) is 2.18. The van der Waals surface area contributed by atoms with Crippen molar-refractivity contribution < 1.29 is 9.90 Å². The molecule has 1 aromatic carbocycles. The maximum absolute atomic E-state index is 11.2. The average molecular weight is 263 g/mol. The van der Waals surface area contributed by atoms with Crippen LogP contribution in [0, 0.1) is 6.92 Å². The lowest BCUT2D eigenvalue weighted by Gasteiger charge is -2.17. The second kappa shape index (κ2) is 7.82. The zero-order valence-electron chi connectivity index (χ0n) is 12.2. The first-order chi connectivity index (χ1) is 9.04. The van der Waals surface area contributed by atoms with Gasteiger partial charge in [-0.3, -0.25) is 0 Å². The van der Waals surface area contributed by atoms with E-state index in [0.717, 1.165) is 17.7 Å². The van der Waals surface area contributed by atoms with E-state index in [4.69, 9.17) is 0 Å². The molecule has 1 aromatic rings. The van der Waals surface area contributed by atoms with E-state index in [-0.39, 0.29) is 0 Å². The molecule has 0 aliphatic rings. The summed E-state index contributed by atoms with van der Waals surface area (Å²) in [7, 11) is 0. The van der Waals surface area contributed by atoms with Gasteiger partial charge in [0.15, 0.2) is 0 Å². The molecular weight excluding hydrogens is 238 g/mol. The largest absolute Gasteiger partial charge is 0.478 e. The Kier molecular flexibility index (Phi) is 6.40. The SMILES string of the molecule is CCCCCCC(C)Nc1ccc(C)cc1C(=O)O. The van der Waals surface area contributed by atoms with Crippen molar-refractivity contribution in [2.45, 2.75) is 58.9 Å². The highest BCUT2D eigenvalue weighted by Crippen LogP contribution is 2.19. The summed E-state index contributed by atoms with van der Waals surface area (Å²) >= 11 is 0. The lowest BCUT2D eigenvalue weighted by atomic mass is 10.1. The van der Waals surface area contributed by atoms with Crippen molar-refractivity contribution in [1.29, 1.82) is 0 Å². The molecule has 3 nitrogen and oxygen atoms in total. The predicted octanol–water partition coefficient (Wildman–Crippen LogP) is 4.46. The number of hydrogen-bond donors (Lipinski definition) is 2. The zero-order chi connectivity index (χ0) is 14.3. The maximum atomic E-state index is 11.2. The van der Waals surface area contributed by atoms with Crippen molar-refractivity contribution in [3.63, 3.8) is 0 Å². The van der Waals surface area contributed by atoms with Crippen LogP contribution in [-0.2, 0) is 0 Å². The molecule has 0 amide bonds. The first-order valence-electron chi connectivity index (χ1n) is 7.15. The lowest BCUT2D eigenvalue weighted by Crippen LogP contribution is -2.17. The summed E-state index contributed by atoms with van der Waals surface area (Å²) in [6.07, 6.45) is 6.03. The number of hydrogen-bond acceptors (Lipinski definition) is 2. The van der Waals surface area contributed by atoms with E-state index in [1.165, 1.54) is 25.7 Å². The van der Waals surface area contributed by atoms with Gasteiger partial charge in [-0.2, -0.15) is 0 Å². The van der Waals surface area contributed by atoms with Gasteiger partial charge in [0, 0.05) is 11.7 Å². The molecule has 0 spiro atoms. The van der Waals surface area contributed by atoms with Gasteiger partial charge in [-0.15, -0.1) is 0 Å². The van der Waals surface area contributed by atoms with E-state index in [0.29, 0.717) is 11.6 Å². The van der Waals surface area contributed by atoms with E-state index in [1.54, 1.807) is 6.07 Å². The number of aromatic carboxylic acids is 1. The summed E-state index contributed by atoms with van der Waals surface area (Å²) < 4.78 is 0. The third kappa shape index (κ3) is 5.33. The topological polar surface area (TPSA) is 49.3 Å². The van der Waals surface area contributed by atoms with E-state index >= 15 is 0 Å². The fourth-order valence-electron chi connectivity index (χ4n) is 2.18. The van der Waals surface area contributed by atoms with Crippen LogP contribution in [0.25, 0.3) is 0 Å². The fraction of sp³-hybridized carbons (Fsp3) is 0.562. The molecule has 1 atom stereocenters. The Morgan fingerprint density at radius 1 is 1.32 bits per heavy atom. The average Bonchev–Trinajstić information content (AvgIpc) is 2.36. The first kappa shape index (κ1) is 15.5. The molecule has 0 saturated carbocycles. The smallest absolute Gasteiger partial charge is 0.337 e. The van der Waals surface area contributed by atoms with Crippen LogP contribution in [0.4, 0.5) is 5.69 Å². The molecular formula is C16H25NO2. The Morgan fingerprint density at radius 3 is 2.68 bits per heavy atom. The van der Waals surface area contributed by atoms with Crippen LogP contribution in [0.5, 0.6) is 0 Å². The van der Waals surface area contributed by atoms with Crippen LogP contribution >= 0.6 is 0 Å². The number of carboxylic acid groups (broad SMARTS) is 1. The summed E-state index contributed by atoms with van der Waals surface area (Å²) in [5, 5.41) is 12.5. The van der Waals surface area contributed by atoms with Crippen molar-refractivity contribution in [3.05, 3.63) is 29.3 Å².